The van der Waals surface area contributed by atoms with E-state index in [1.54, 1.807) is 4.68 Å². The largest absolute Gasteiger partial charge is 0.468 e. The van der Waals surface area contributed by atoms with Crippen LogP contribution in [0.1, 0.15) is 25.1 Å². The number of amides is 1. The molecule has 6 heteroatoms. The minimum Gasteiger partial charge on any atom is -0.468 e. The average Bonchev–Trinajstić information content (AvgIpc) is 2.90. The Bertz CT molecular complexity index is 901. The first-order chi connectivity index (χ1) is 12.0. The van der Waals surface area contributed by atoms with Crippen LogP contribution >= 0.6 is 0 Å². The van der Waals surface area contributed by atoms with Crippen LogP contribution in [0.3, 0.4) is 0 Å². The highest BCUT2D eigenvalue weighted by atomic mass is 16.5. The lowest BCUT2D eigenvalue weighted by Gasteiger charge is -2.10. The number of fused-ring (bicyclic) bond motifs is 1. The maximum Gasteiger partial charge on any atom is 0.258 e. The molecule has 0 unspecified atom stereocenters. The number of carbonyl (C=O) groups excluding carboxylic acids is 1. The van der Waals surface area contributed by atoms with E-state index in [-0.39, 0.29) is 18.6 Å². The molecule has 0 radical (unpaired) electrons. The van der Waals surface area contributed by atoms with Crippen molar-refractivity contribution in [1.29, 1.82) is 0 Å². The molecule has 3 aromatic rings. The molecule has 0 atom stereocenters. The van der Waals surface area contributed by atoms with Crippen molar-refractivity contribution >= 4 is 16.9 Å². The number of rotatable bonds is 5. The minimum absolute atomic E-state index is 0.0609. The van der Waals surface area contributed by atoms with Gasteiger partial charge in [-0.15, -0.1) is 0 Å². The topological polar surface area (TPSA) is 69.0 Å². The number of para-hydroxylation sites is 1. The van der Waals surface area contributed by atoms with Gasteiger partial charge in [-0.3, -0.25) is 4.79 Å². The molecule has 6 nitrogen and oxygen atoms in total. The highest BCUT2D eigenvalue weighted by Gasteiger charge is 2.15. The number of benzene rings is 1. The van der Waals surface area contributed by atoms with Gasteiger partial charge in [0.2, 0.25) is 5.88 Å². The average molecular weight is 338 g/mol. The Morgan fingerprint density at radius 2 is 1.96 bits per heavy atom. The summed E-state index contributed by atoms with van der Waals surface area (Å²) in [5, 5.41) is 8.42. The smallest absolute Gasteiger partial charge is 0.258 e. The van der Waals surface area contributed by atoms with Crippen LogP contribution < -0.4 is 10.1 Å². The number of pyridine rings is 1. The SMILES string of the molecule is Cc1cc(OCC(=O)NC(C)C)nc2c1c(C)nn2-c1ccccc1. The van der Waals surface area contributed by atoms with Gasteiger partial charge in [-0.25, -0.2) is 4.68 Å². The van der Waals surface area contributed by atoms with Crippen LogP contribution in [0.15, 0.2) is 36.4 Å². The predicted molar refractivity (Wildman–Crippen MR) is 97.1 cm³/mol. The lowest BCUT2D eigenvalue weighted by Crippen LogP contribution is -2.34. The molecule has 1 amide bonds. The molecule has 0 aliphatic rings. The second-order valence-corrected chi connectivity index (χ2v) is 6.32. The molecule has 0 aliphatic heterocycles. The summed E-state index contributed by atoms with van der Waals surface area (Å²) in [6.07, 6.45) is 0. The van der Waals surface area contributed by atoms with Gasteiger partial charge in [0, 0.05) is 17.5 Å². The van der Waals surface area contributed by atoms with Crippen molar-refractivity contribution in [3.8, 4) is 11.6 Å². The summed E-state index contributed by atoms with van der Waals surface area (Å²) in [5.41, 5.74) is 3.59. The molecule has 130 valence electrons. The van der Waals surface area contributed by atoms with Crippen LogP contribution in [0.25, 0.3) is 16.7 Å². The van der Waals surface area contributed by atoms with E-state index in [1.165, 1.54) is 0 Å². The van der Waals surface area contributed by atoms with Gasteiger partial charge < -0.3 is 10.1 Å². The number of aromatic nitrogens is 3. The zero-order valence-electron chi connectivity index (χ0n) is 14.9. The van der Waals surface area contributed by atoms with E-state index in [0.29, 0.717) is 5.88 Å². The number of hydrogen-bond acceptors (Lipinski definition) is 4. The molecule has 0 bridgehead atoms. The molecule has 0 spiro atoms. The molecule has 2 heterocycles. The van der Waals surface area contributed by atoms with Gasteiger partial charge in [0.05, 0.1) is 11.4 Å². The highest BCUT2D eigenvalue weighted by Crippen LogP contribution is 2.26. The van der Waals surface area contributed by atoms with Crippen LogP contribution in [-0.2, 0) is 4.79 Å². The highest BCUT2D eigenvalue weighted by molar-refractivity contribution is 5.84. The molecule has 3 rings (SSSR count). The number of ether oxygens (including phenoxy) is 1. The number of hydrogen-bond donors (Lipinski definition) is 1. The Balaban J connectivity index is 1.96. The first-order valence-electron chi connectivity index (χ1n) is 8.30. The second kappa shape index (κ2) is 6.93. The third-order valence-electron chi connectivity index (χ3n) is 3.79. The van der Waals surface area contributed by atoms with E-state index < -0.39 is 0 Å². The molecule has 0 saturated heterocycles. The third-order valence-corrected chi connectivity index (χ3v) is 3.79. The van der Waals surface area contributed by atoms with Crippen molar-refractivity contribution in [3.05, 3.63) is 47.7 Å². The summed E-state index contributed by atoms with van der Waals surface area (Å²) in [5.74, 6) is 0.253. The molecular formula is C19H22N4O2. The summed E-state index contributed by atoms with van der Waals surface area (Å²) in [6, 6.07) is 11.8. The zero-order valence-corrected chi connectivity index (χ0v) is 14.9. The lowest BCUT2D eigenvalue weighted by molar-refractivity contribution is -0.123. The van der Waals surface area contributed by atoms with E-state index in [2.05, 4.69) is 15.4 Å². The predicted octanol–water partition coefficient (Wildman–Crippen LogP) is 2.94. The molecule has 0 fully saturated rings. The monoisotopic (exact) mass is 338 g/mol. The second-order valence-electron chi connectivity index (χ2n) is 6.32. The molecule has 0 saturated carbocycles. The van der Waals surface area contributed by atoms with Gasteiger partial charge in [0.15, 0.2) is 12.3 Å². The summed E-state index contributed by atoms with van der Waals surface area (Å²) < 4.78 is 7.40. The Hall–Kier alpha value is -2.89. The van der Waals surface area contributed by atoms with Crippen LogP contribution in [-0.4, -0.2) is 33.3 Å². The first kappa shape index (κ1) is 17.0. The Morgan fingerprint density at radius 3 is 2.64 bits per heavy atom. The van der Waals surface area contributed by atoms with Gasteiger partial charge in [0.25, 0.3) is 5.91 Å². The van der Waals surface area contributed by atoms with E-state index in [9.17, 15) is 4.79 Å². The van der Waals surface area contributed by atoms with Gasteiger partial charge >= 0.3 is 0 Å². The fourth-order valence-corrected chi connectivity index (χ4v) is 2.80. The standard InChI is InChI=1S/C19H22N4O2/c1-12(2)20-16(24)11-25-17-10-13(3)18-14(4)22-23(19(18)21-17)15-8-6-5-7-9-15/h5-10,12H,11H2,1-4H3,(H,20,24). The Labute approximate surface area is 146 Å². The van der Waals surface area contributed by atoms with E-state index in [4.69, 9.17) is 4.74 Å². The maximum atomic E-state index is 11.8. The number of aryl methyl sites for hydroxylation is 2. The van der Waals surface area contributed by atoms with Crippen LogP contribution in [0.4, 0.5) is 0 Å². The first-order valence-corrected chi connectivity index (χ1v) is 8.30. The number of carbonyl (C=O) groups is 1. The van der Waals surface area contributed by atoms with E-state index >= 15 is 0 Å². The van der Waals surface area contributed by atoms with Gasteiger partial charge in [-0.1, -0.05) is 18.2 Å². The van der Waals surface area contributed by atoms with Gasteiger partial charge in [-0.2, -0.15) is 10.1 Å². The normalized spacial score (nSPS) is 11.1. The third kappa shape index (κ3) is 3.63. The summed E-state index contributed by atoms with van der Waals surface area (Å²) in [6.45, 7) is 7.72. The van der Waals surface area contributed by atoms with Crippen molar-refractivity contribution < 1.29 is 9.53 Å². The Kier molecular flexibility index (Phi) is 4.70. The molecule has 2 aromatic heterocycles. The van der Waals surface area contributed by atoms with Crippen LogP contribution in [0.5, 0.6) is 5.88 Å². The number of nitrogens with zero attached hydrogens (tertiary/aromatic N) is 3. The van der Waals surface area contributed by atoms with Crippen molar-refractivity contribution in [3.63, 3.8) is 0 Å². The lowest BCUT2D eigenvalue weighted by atomic mass is 10.2. The fraction of sp³-hybridized carbons (Fsp3) is 0.316. The number of nitrogens with one attached hydrogen (secondary N) is 1. The fourth-order valence-electron chi connectivity index (χ4n) is 2.80. The Morgan fingerprint density at radius 1 is 1.24 bits per heavy atom. The van der Waals surface area contributed by atoms with Crippen LogP contribution in [0, 0.1) is 13.8 Å². The van der Waals surface area contributed by atoms with Crippen molar-refractivity contribution in [2.75, 3.05) is 6.61 Å². The molecule has 1 N–H and O–H groups in total. The molecule has 0 aliphatic carbocycles. The molecule has 25 heavy (non-hydrogen) atoms. The zero-order chi connectivity index (χ0) is 18.0. The van der Waals surface area contributed by atoms with Gasteiger partial charge in [0.1, 0.15) is 0 Å². The summed E-state index contributed by atoms with van der Waals surface area (Å²) in [7, 11) is 0. The van der Waals surface area contributed by atoms with Crippen LogP contribution in [0.2, 0.25) is 0 Å². The van der Waals surface area contributed by atoms with Crippen molar-refractivity contribution in [1.82, 2.24) is 20.1 Å². The van der Waals surface area contributed by atoms with Gasteiger partial charge in [-0.05, 0) is 45.4 Å². The van der Waals surface area contributed by atoms with E-state index in [0.717, 1.165) is 28.0 Å². The molecule has 1 aromatic carbocycles. The maximum absolute atomic E-state index is 11.8. The van der Waals surface area contributed by atoms with Crippen molar-refractivity contribution in [2.24, 2.45) is 0 Å². The molecular weight excluding hydrogens is 316 g/mol. The minimum atomic E-state index is -0.165. The van der Waals surface area contributed by atoms with Crippen molar-refractivity contribution in [2.45, 2.75) is 33.7 Å². The quantitative estimate of drug-likeness (QED) is 0.776. The summed E-state index contributed by atoms with van der Waals surface area (Å²) in [4.78, 5) is 16.4. The van der Waals surface area contributed by atoms with E-state index in [1.807, 2.05) is 64.1 Å². The summed E-state index contributed by atoms with van der Waals surface area (Å²) >= 11 is 0.